The summed E-state index contributed by atoms with van der Waals surface area (Å²) >= 11 is 0. The van der Waals surface area contributed by atoms with E-state index in [1.807, 2.05) is 32.0 Å². The van der Waals surface area contributed by atoms with E-state index >= 15 is 0 Å². The zero-order valence-corrected chi connectivity index (χ0v) is 7.61. The van der Waals surface area contributed by atoms with E-state index in [1.54, 1.807) is 0 Å². The van der Waals surface area contributed by atoms with Gasteiger partial charge in [-0.1, -0.05) is 23.8 Å². The first kappa shape index (κ1) is 7.98. The molecule has 0 saturated carbocycles. The van der Waals surface area contributed by atoms with Crippen molar-refractivity contribution in [2.75, 3.05) is 0 Å². The Morgan fingerprint density at radius 1 is 1.23 bits per heavy atom. The van der Waals surface area contributed by atoms with Crippen molar-refractivity contribution in [1.82, 2.24) is 10.4 Å². The van der Waals surface area contributed by atoms with Crippen LogP contribution >= 0.6 is 0 Å². The zero-order chi connectivity index (χ0) is 9.26. The van der Waals surface area contributed by atoms with Gasteiger partial charge in [0, 0.05) is 10.8 Å². The summed E-state index contributed by atoms with van der Waals surface area (Å²) in [4.78, 5) is 0. The van der Waals surface area contributed by atoms with Crippen molar-refractivity contribution in [3.8, 4) is 11.3 Å². The molecule has 0 unspecified atom stereocenters. The molecule has 3 nitrogen and oxygen atoms in total. The van der Waals surface area contributed by atoms with Crippen LogP contribution in [0.5, 0.6) is 0 Å². The Morgan fingerprint density at radius 2 is 2.08 bits per heavy atom. The van der Waals surface area contributed by atoms with Gasteiger partial charge in [-0.3, -0.25) is 0 Å². The summed E-state index contributed by atoms with van der Waals surface area (Å²) in [6.07, 6.45) is 0. The quantitative estimate of drug-likeness (QED) is 0.666. The highest BCUT2D eigenvalue weighted by Gasteiger charge is 2.06. The summed E-state index contributed by atoms with van der Waals surface area (Å²) in [5.74, 6) is 0.755. The second-order valence-electron chi connectivity index (χ2n) is 3.05. The van der Waals surface area contributed by atoms with Gasteiger partial charge < -0.3 is 4.52 Å². The molecule has 3 heteroatoms. The minimum absolute atomic E-state index is 0.755. The molecule has 0 fully saturated rings. The van der Waals surface area contributed by atoms with E-state index in [0.717, 1.165) is 17.0 Å². The van der Waals surface area contributed by atoms with Crippen molar-refractivity contribution in [2.45, 2.75) is 13.8 Å². The zero-order valence-electron chi connectivity index (χ0n) is 7.61. The fourth-order valence-electron chi connectivity index (χ4n) is 1.29. The summed E-state index contributed by atoms with van der Waals surface area (Å²) < 4.78 is 4.90. The normalized spacial score (nSPS) is 10.3. The predicted molar refractivity (Wildman–Crippen MR) is 49.2 cm³/mol. The molecule has 0 N–H and O–H groups in total. The number of nitrogens with zero attached hydrogens (tertiary/aromatic N) is 2. The fraction of sp³-hybridized carbons (Fsp3) is 0.200. The van der Waals surface area contributed by atoms with Crippen LogP contribution in [0.25, 0.3) is 11.3 Å². The molecule has 2 rings (SSSR count). The van der Waals surface area contributed by atoms with Gasteiger partial charge in [0.1, 0.15) is 5.69 Å². The standard InChI is InChI=1S/C10H10N2O/c1-7-4-3-5-9(6-7)10-8(2)13-12-11-10/h3-6H,1-2H3. The Kier molecular flexibility index (Phi) is 1.85. The van der Waals surface area contributed by atoms with E-state index in [0.29, 0.717) is 0 Å². The van der Waals surface area contributed by atoms with Crippen LogP contribution in [0, 0.1) is 13.8 Å². The number of aromatic nitrogens is 2. The maximum absolute atomic E-state index is 4.90. The first-order valence-corrected chi connectivity index (χ1v) is 4.13. The lowest BCUT2D eigenvalue weighted by molar-refractivity contribution is 0.374. The van der Waals surface area contributed by atoms with Crippen molar-refractivity contribution in [3.05, 3.63) is 35.6 Å². The van der Waals surface area contributed by atoms with Crippen LogP contribution in [0.3, 0.4) is 0 Å². The first-order chi connectivity index (χ1) is 6.27. The molecule has 0 aliphatic heterocycles. The minimum Gasteiger partial charge on any atom is -0.342 e. The van der Waals surface area contributed by atoms with Crippen LogP contribution < -0.4 is 0 Å². The molecule has 0 aliphatic carbocycles. The van der Waals surface area contributed by atoms with E-state index in [1.165, 1.54) is 5.56 Å². The molecule has 0 bridgehead atoms. The minimum atomic E-state index is 0.755. The molecule has 1 heterocycles. The summed E-state index contributed by atoms with van der Waals surface area (Å²) in [6.45, 7) is 3.91. The van der Waals surface area contributed by atoms with E-state index in [9.17, 15) is 0 Å². The SMILES string of the molecule is Cc1cccc(-c2nnoc2C)c1. The van der Waals surface area contributed by atoms with Gasteiger partial charge in [0.2, 0.25) is 0 Å². The second-order valence-corrected chi connectivity index (χ2v) is 3.05. The van der Waals surface area contributed by atoms with Crippen molar-refractivity contribution in [2.24, 2.45) is 0 Å². The Morgan fingerprint density at radius 3 is 2.69 bits per heavy atom. The van der Waals surface area contributed by atoms with Crippen molar-refractivity contribution in [3.63, 3.8) is 0 Å². The highest BCUT2D eigenvalue weighted by molar-refractivity contribution is 5.60. The molecular weight excluding hydrogens is 164 g/mol. The highest BCUT2D eigenvalue weighted by Crippen LogP contribution is 2.20. The van der Waals surface area contributed by atoms with E-state index in [2.05, 4.69) is 16.4 Å². The second kappa shape index (κ2) is 3.01. The molecule has 1 aromatic heterocycles. The molecule has 0 amide bonds. The molecule has 0 radical (unpaired) electrons. The van der Waals surface area contributed by atoms with Gasteiger partial charge in [-0.15, -0.1) is 5.10 Å². The Labute approximate surface area is 76.4 Å². The van der Waals surface area contributed by atoms with Crippen LogP contribution in [0.15, 0.2) is 28.8 Å². The highest BCUT2D eigenvalue weighted by atomic mass is 16.5. The number of rotatable bonds is 1. The predicted octanol–water partition coefficient (Wildman–Crippen LogP) is 2.35. The van der Waals surface area contributed by atoms with E-state index in [-0.39, 0.29) is 0 Å². The molecule has 1 aromatic carbocycles. The third-order valence-electron chi connectivity index (χ3n) is 1.94. The summed E-state index contributed by atoms with van der Waals surface area (Å²) in [6, 6.07) is 8.11. The van der Waals surface area contributed by atoms with Crippen LogP contribution in [-0.4, -0.2) is 10.4 Å². The van der Waals surface area contributed by atoms with Gasteiger partial charge in [-0.2, -0.15) is 0 Å². The molecule has 0 spiro atoms. The summed E-state index contributed by atoms with van der Waals surface area (Å²) in [7, 11) is 0. The smallest absolute Gasteiger partial charge is 0.162 e. The molecule has 0 aliphatic rings. The van der Waals surface area contributed by atoms with Crippen molar-refractivity contribution < 1.29 is 4.52 Å². The van der Waals surface area contributed by atoms with Gasteiger partial charge in [-0.05, 0) is 19.9 Å². The molecule has 66 valence electrons. The summed E-state index contributed by atoms with van der Waals surface area (Å²) in [5.41, 5.74) is 3.09. The Hall–Kier alpha value is -1.64. The first-order valence-electron chi connectivity index (χ1n) is 4.13. The fourth-order valence-corrected chi connectivity index (χ4v) is 1.29. The van der Waals surface area contributed by atoms with Gasteiger partial charge in [0.15, 0.2) is 5.76 Å². The molecule has 13 heavy (non-hydrogen) atoms. The Bertz CT molecular complexity index is 420. The van der Waals surface area contributed by atoms with Crippen LogP contribution in [0.1, 0.15) is 11.3 Å². The van der Waals surface area contributed by atoms with Gasteiger partial charge >= 0.3 is 0 Å². The maximum Gasteiger partial charge on any atom is 0.162 e. The molecule has 0 atom stereocenters. The van der Waals surface area contributed by atoms with E-state index < -0.39 is 0 Å². The third-order valence-corrected chi connectivity index (χ3v) is 1.94. The lowest BCUT2D eigenvalue weighted by Gasteiger charge is -1.97. The molecule has 0 saturated heterocycles. The van der Waals surface area contributed by atoms with Crippen molar-refractivity contribution in [1.29, 1.82) is 0 Å². The van der Waals surface area contributed by atoms with Gasteiger partial charge in [0.25, 0.3) is 0 Å². The third kappa shape index (κ3) is 1.45. The number of aryl methyl sites for hydroxylation is 2. The van der Waals surface area contributed by atoms with E-state index in [4.69, 9.17) is 4.52 Å². The lowest BCUT2D eigenvalue weighted by Crippen LogP contribution is -1.81. The summed E-state index contributed by atoms with van der Waals surface area (Å²) in [5, 5.41) is 7.41. The number of hydrogen-bond donors (Lipinski definition) is 0. The average molecular weight is 174 g/mol. The number of benzene rings is 1. The molecule has 2 aromatic rings. The average Bonchev–Trinajstić information content (AvgIpc) is 2.51. The Balaban J connectivity index is 2.53. The monoisotopic (exact) mass is 174 g/mol. The van der Waals surface area contributed by atoms with Crippen molar-refractivity contribution >= 4 is 0 Å². The van der Waals surface area contributed by atoms with Crippen LogP contribution in [-0.2, 0) is 0 Å². The maximum atomic E-state index is 4.90. The number of hydrogen-bond acceptors (Lipinski definition) is 3. The van der Waals surface area contributed by atoms with Gasteiger partial charge in [0.05, 0.1) is 0 Å². The topological polar surface area (TPSA) is 38.9 Å². The van der Waals surface area contributed by atoms with Gasteiger partial charge in [-0.25, -0.2) is 0 Å². The molecular formula is C10H10N2O. The van der Waals surface area contributed by atoms with Crippen LogP contribution in [0.4, 0.5) is 0 Å². The largest absolute Gasteiger partial charge is 0.342 e. The van der Waals surface area contributed by atoms with Crippen LogP contribution in [0.2, 0.25) is 0 Å². The lowest BCUT2D eigenvalue weighted by atomic mass is 10.1.